The van der Waals surface area contributed by atoms with E-state index in [1.165, 1.54) is 5.56 Å². The smallest absolute Gasteiger partial charge is 0.191 e. The molecular formula is C16H24N6. The monoisotopic (exact) mass is 300 g/mol. The minimum atomic E-state index is 0.339. The number of guanidine groups is 1. The van der Waals surface area contributed by atoms with E-state index < -0.39 is 0 Å². The van der Waals surface area contributed by atoms with Crippen molar-refractivity contribution in [3.63, 3.8) is 0 Å². The van der Waals surface area contributed by atoms with Crippen molar-refractivity contribution in [2.24, 2.45) is 12.0 Å². The molecule has 0 spiro atoms. The molecule has 2 aromatic rings. The van der Waals surface area contributed by atoms with Crippen LogP contribution >= 0.6 is 0 Å². The van der Waals surface area contributed by atoms with E-state index in [1.807, 2.05) is 13.1 Å². The molecule has 2 rings (SSSR count). The lowest BCUT2D eigenvalue weighted by Gasteiger charge is -2.17. The van der Waals surface area contributed by atoms with Gasteiger partial charge in [-0.3, -0.25) is 9.67 Å². The molecule has 0 saturated heterocycles. The summed E-state index contributed by atoms with van der Waals surface area (Å²) in [5.74, 6) is 1.66. The van der Waals surface area contributed by atoms with Crippen molar-refractivity contribution in [3.8, 4) is 0 Å². The molecule has 1 atom stereocenters. The van der Waals surface area contributed by atoms with Gasteiger partial charge in [0, 0.05) is 20.1 Å². The van der Waals surface area contributed by atoms with Crippen molar-refractivity contribution in [3.05, 3.63) is 48.0 Å². The topological polar surface area (TPSA) is 67.1 Å². The van der Waals surface area contributed by atoms with Crippen molar-refractivity contribution in [1.29, 1.82) is 0 Å². The fourth-order valence-electron chi connectivity index (χ4n) is 2.17. The first-order chi connectivity index (χ1) is 10.7. The Morgan fingerprint density at radius 2 is 2.09 bits per heavy atom. The van der Waals surface area contributed by atoms with E-state index >= 15 is 0 Å². The molecule has 0 aliphatic heterocycles. The van der Waals surface area contributed by atoms with Crippen LogP contribution in [0.25, 0.3) is 0 Å². The van der Waals surface area contributed by atoms with Gasteiger partial charge in [0.1, 0.15) is 12.2 Å². The Labute approximate surface area is 131 Å². The Morgan fingerprint density at radius 3 is 2.73 bits per heavy atom. The van der Waals surface area contributed by atoms with Crippen molar-refractivity contribution in [2.45, 2.75) is 32.4 Å². The molecule has 0 aliphatic carbocycles. The summed E-state index contributed by atoms with van der Waals surface area (Å²) in [7, 11) is 3.65. The third-order valence-electron chi connectivity index (χ3n) is 3.53. The lowest BCUT2D eigenvalue weighted by Crippen LogP contribution is -2.42. The second-order valence-corrected chi connectivity index (χ2v) is 5.30. The molecule has 1 aromatic heterocycles. The first kappa shape index (κ1) is 16.0. The molecular weight excluding hydrogens is 276 g/mol. The van der Waals surface area contributed by atoms with Gasteiger partial charge in [-0.1, -0.05) is 30.3 Å². The van der Waals surface area contributed by atoms with Gasteiger partial charge in [-0.05, 0) is 25.3 Å². The normalized spacial score (nSPS) is 13.0. The molecule has 1 heterocycles. The van der Waals surface area contributed by atoms with Gasteiger partial charge in [0.25, 0.3) is 0 Å². The fraction of sp³-hybridized carbons (Fsp3) is 0.438. The summed E-state index contributed by atoms with van der Waals surface area (Å²) in [5, 5.41) is 10.7. The van der Waals surface area contributed by atoms with Crippen LogP contribution in [0.5, 0.6) is 0 Å². The molecule has 6 heteroatoms. The van der Waals surface area contributed by atoms with Crippen LogP contribution in [0.4, 0.5) is 0 Å². The number of aryl methyl sites for hydroxylation is 2. The van der Waals surface area contributed by atoms with Gasteiger partial charge >= 0.3 is 0 Å². The molecule has 1 unspecified atom stereocenters. The van der Waals surface area contributed by atoms with Crippen LogP contribution < -0.4 is 10.6 Å². The zero-order chi connectivity index (χ0) is 15.8. The average Bonchev–Trinajstić information content (AvgIpc) is 2.95. The van der Waals surface area contributed by atoms with Crippen LogP contribution in [0.3, 0.4) is 0 Å². The molecule has 6 nitrogen and oxygen atoms in total. The van der Waals surface area contributed by atoms with E-state index in [0.29, 0.717) is 12.6 Å². The third-order valence-corrected chi connectivity index (χ3v) is 3.53. The van der Waals surface area contributed by atoms with Gasteiger partial charge in [0.05, 0.1) is 6.54 Å². The fourth-order valence-corrected chi connectivity index (χ4v) is 2.17. The maximum atomic E-state index is 4.25. The maximum absolute atomic E-state index is 4.25. The predicted octanol–water partition coefficient (Wildman–Crippen LogP) is 1.50. The van der Waals surface area contributed by atoms with E-state index in [4.69, 9.17) is 0 Å². The first-order valence-electron chi connectivity index (χ1n) is 7.53. The third kappa shape index (κ3) is 4.87. The standard InChI is InChI=1S/C16H24N6/c1-13(9-10-14-7-5-4-6-8-14)21-16(17-2)18-11-15-19-12-20-22(15)3/h4-8,12-13H,9-11H2,1-3H3,(H2,17,18,21). The van der Waals surface area contributed by atoms with E-state index in [0.717, 1.165) is 24.6 Å². The molecule has 1 aromatic carbocycles. The number of aromatic nitrogens is 3. The number of benzene rings is 1. The van der Waals surface area contributed by atoms with Crippen LogP contribution in [-0.2, 0) is 20.0 Å². The van der Waals surface area contributed by atoms with Crippen LogP contribution in [0.1, 0.15) is 24.7 Å². The summed E-state index contributed by atoms with van der Waals surface area (Å²) in [6, 6.07) is 10.9. The Kier molecular flexibility index (Phi) is 5.94. The molecule has 118 valence electrons. The summed E-state index contributed by atoms with van der Waals surface area (Å²) in [6.45, 7) is 2.76. The van der Waals surface area contributed by atoms with Gasteiger partial charge in [0.15, 0.2) is 5.96 Å². The number of nitrogens with zero attached hydrogens (tertiary/aromatic N) is 4. The summed E-state index contributed by atoms with van der Waals surface area (Å²) >= 11 is 0. The quantitative estimate of drug-likeness (QED) is 0.627. The van der Waals surface area contributed by atoms with E-state index in [2.05, 4.69) is 56.9 Å². The predicted molar refractivity (Wildman–Crippen MR) is 88.6 cm³/mol. The second kappa shape index (κ2) is 8.17. The molecule has 0 radical (unpaired) electrons. The average molecular weight is 300 g/mol. The minimum absolute atomic E-state index is 0.339. The Morgan fingerprint density at radius 1 is 1.32 bits per heavy atom. The zero-order valence-corrected chi connectivity index (χ0v) is 13.5. The Hall–Kier alpha value is -2.37. The molecule has 0 amide bonds. The molecule has 22 heavy (non-hydrogen) atoms. The SMILES string of the molecule is CN=C(NCc1ncnn1C)NC(C)CCc1ccccc1. The number of hydrogen-bond donors (Lipinski definition) is 2. The minimum Gasteiger partial charge on any atom is -0.354 e. The zero-order valence-electron chi connectivity index (χ0n) is 13.5. The first-order valence-corrected chi connectivity index (χ1v) is 7.53. The van der Waals surface area contributed by atoms with Crippen molar-refractivity contribution >= 4 is 5.96 Å². The van der Waals surface area contributed by atoms with Crippen LogP contribution in [0, 0.1) is 0 Å². The highest BCUT2D eigenvalue weighted by atomic mass is 15.3. The van der Waals surface area contributed by atoms with Gasteiger partial charge in [-0.2, -0.15) is 5.10 Å². The lowest BCUT2D eigenvalue weighted by atomic mass is 10.1. The maximum Gasteiger partial charge on any atom is 0.191 e. The summed E-state index contributed by atoms with van der Waals surface area (Å²) in [4.78, 5) is 8.43. The van der Waals surface area contributed by atoms with E-state index in [9.17, 15) is 0 Å². The summed E-state index contributed by atoms with van der Waals surface area (Å²) in [5.41, 5.74) is 1.36. The molecule has 0 aliphatic rings. The molecule has 0 bridgehead atoms. The van der Waals surface area contributed by atoms with Crippen molar-refractivity contribution in [2.75, 3.05) is 7.05 Å². The Balaban J connectivity index is 1.76. The molecule has 0 fully saturated rings. The lowest BCUT2D eigenvalue weighted by molar-refractivity contribution is 0.588. The number of rotatable bonds is 6. The highest BCUT2D eigenvalue weighted by Crippen LogP contribution is 2.04. The van der Waals surface area contributed by atoms with Gasteiger partial charge in [0.2, 0.25) is 0 Å². The van der Waals surface area contributed by atoms with Crippen LogP contribution in [-0.4, -0.2) is 33.8 Å². The number of nitrogens with one attached hydrogen (secondary N) is 2. The summed E-state index contributed by atoms with van der Waals surface area (Å²) in [6.07, 6.45) is 3.65. The van der Waals surface area contributed by atoms with E-state index in [-0.39, 0.29) is 0 Å². The van der Waals surface area contributed by atoms with Crippen molar-refractivity contribution < 1.29 is 0 Å². The Bertz CT molecular complexity index is 590. The van der Waals surface area contributed by atoms with Gasteiger partial charge in [-0.15, -0.1) is 0 Å². The highest BCUT2D eigenvalue weighted by molar-refractivity contribution is 5.79. The largest absolute Gasteiger partial charge is 0.354 e. The molecule has 0 saturated carbocycles. The highest BCUT2D eigenvalue weighted by Gasteiger charge is 2.07. The number of hydrogen-bond acceptors (Lipinski definition) is 3. The van der Waals surface area contributed by atoms with Gasteiger partial charge in [-0.25, -0.2) is 4.98 Å². The molecule has 2 N–H and O–H groups in total. The van der Waals surface area contributed by atoms with Crippen molar-refractivity contribution in [1.82, 2.24) is 25.4 Å². The van der Waals surface area contributed by atoms with Gasteiger partial charge < -0.3 is 10.6 Å². The van der Waals surface area contributed by atoms with Crippen LogP contribution in [0.2, 0.25) is 0 Å². The second-order valence-electron chi connectivity index (χ2n) is 5.30. The van der Waals surface area contributed by atoms with Crippen LogP contribution in [0.15, 0.2) is 41.7 Å². The number of aliphatic imine (C=N–C) groups is 1. The van der Waals surface area contributed by atoms with E-state index in [1.54, 1.807) is 18.1 Å². The summed E-state index contributed by atoms with van der Waals surface area (Å²) < 4.78 is 1.75.